The Morgan fingerprint density at radius 3 is 1.80 bits per heavy atom. The molecule has 0 heterocycles. The van der Waals surface area contributed by atoms with Crippen molar-refractivity contribution in [3.63, 3.8) is 0 Å². The molecule has 0 amide bonds. The van der Waals surface area contributed by atoms with Crippen LogP contribution >= 0.6 is 0 Å². The summed E-state index contributed by atoms with van der Waals surface area (Å²) in [4.78, 5) is 0. The van der Waals surface area contributed by atoms with Crippen molar-refractivity contribution in [2.45, 2.75) is 38.2 Å². The Hall–Kier alpha value is -4.28. The van der Waals surface area contributed by atoms with Gasteiger partial charge in [-0.05, 0) is 65.8 Å². The van der Waals surface area contributed by atoms with E-state index in [0.29, 0.717) is 11.5 Å². The molecule has 0 N–H and O–H groups in total. The maximum Gasteiger partial charge on any atom is 0.432 e. The van der Waals surface area contributed by atoms with Gasteiger partial charge in [-0.1, -0.05) is 38.1 Å². The smallest absolute Gasteiger partial charge is 0.429 e. The van der Waals surface area contributed by atoms with Crippen LogP contribution in [0.1, 0.15) is 37.8 Å². The largest absolute Gasteiger partial charge is 0.432 e. The molecule has 4 aromatic rings. The van der Waals surface area contributed by atoms with E-state index in [1.165, 1.54) is 12.1 Å². The fourth-order valence-corrected chi connectivity index (χ4v) is 5.22. The molecule has 230 valence electrons. The molecule has 0 aromatic heterocycles. The van der Waals surface area contributed by atoms with E-state index in [2.05, 4.69) is 11.7 Å². The van der Waals surface area contributed by atoms with Crippen molar-refractivity contribution >= 4 is 0 Å². The van der Waals surface area contributed by atoms with Gasteiger partial charge in [-0.15, -0.1) is 0 Å². The minimum atomic E-state index is -4.89. The second-order valence-corrected chi connectivity index (χ2v) is 10.9. The molecule has 4 aromatic carbocycles. The van der Waals surface area contributed by atoms with Gasteiger partial charge in [-0.2, -0.15) is 8.78 Å². The topological polar surface area (TPSA) is 9.23 Å². The third-order valence-electron chi connectivity index (χ3n) is 7.72. The predicted octanol–water partition coefficient (Wildman–Crippen LogP) is 10.5. The first-order valence-electron chi connectivity index (χ1n) is 13.3. The van der Waals surface area contributed by atoms with Gasteiger partial charge in [0.05, 0.1) is 5.56 Å². The first-order chi connectivity index (χ1) is 20.6. The summed E-state index contributed by atoms with van der Waals surface area (Å²) in [6.07, 6.45) is 0.817. The fourth-order valence-electron chi connectivity index (χ4n) is 5.22. The van der Waals surface area contributed by atoms with Gasteiger partial charge in [0.2, 0.25) is 0 Å². The average molecular weight is 625 g/mol. The zero-order valence-electron chi connectivity index (χ0n) is 23.0. The minimum Gasteiger partial charge on any atom is -0.429 e. The second-order valence-electron chi connectivity index (χ2n) is 10.9. The third-order valence-corrected chi connectivity index (χ3v) is 7.72. The van der Waals surface area contributed by atoms with Crippen LogP contribution in [0.5, 0.6) is 5.75 Å². The van der Waals surface area contributed by atoms with Crippen LogP contribution < -0.4 is 4.74 Å². The number of benzene rings is 4. The molecular formula is C33H22F10O. The Morgan fingerprint density at radius 1 is 0.705 bits per heavy atom. The lowest BCUT2D eigenvalue weighted by Gasteiger charge is -2.32. The average Bonchev–Trinajstić information content (AvgIpc) is 2.92. The molecule has 0 saturated heterocycles. The molecule has 1 aliphatic carbocycles. The lowest BCUT2D eigenvalue weighted by atomic mass is 9.73. The van der Waals surface area contributed by atoms with Crippen molar-refractivity contribution in [2.75, 3.05) is 0 Å². The molecule has 1 nitrogen and oxygen atoms in total. The van der Waals surface area contributed by atoms with Crippen molar-refractivity contribution < 1.29 is 48.6 Å². The van der Waals surface area contributed by atoms with E-state index in [0.717, 1.165) is 25.0 Å². The molecule has 5 rings (SSSR count). The number of ether oxygens (including phenoxy) is 1. The standard InChI is InChI=1S/C33H22F10O/c1-16-5-7-32(2,8-6-16)19-3-4-21(22(34)13-19)17-9-23(35)29(24(36)10-17)18-11-25(37)30(26(38)12-18)33(42,43)44-20-14-27(39)31(41)28(40)15-20/h3-5,7,9-16H,6,8H2,1-2H3/t16?,32-/m1/s1. The molecule has 11 heteroatoms. The molecule has 44 heavy (non-hydrogen) atoms. The first kappa shape index (κ1) is 31.2. The summed E-state index contributed by atoms with van der Waals surface area (Å²) in [6.45, 7) is 4.02. The molecule has 0 aliphatic heterocycles. The summed E-state index contributed by atoms with van der Waals surface area (Å²) in [5.74, 6) is -14.2. The monoisotopic (exact) mass is 624 g/mol. The SMILES string of the molecule is CC1C=C[C@@](C)(c2ccc(-c3cc(F)c(-c4cc(F)c(C(F)(F)Oc5cc(F)c(F)c(F)c5)c(F)c4)c(F)c3)c(F)c2)CC1. The summed E-state index contributed by atoms with van der Waals surface area (Å²) in [5.41, 5.74) is -3.98. The van der Waals surface area contributed by atoms with E-state index >= 15 is 13.2 Å². The van der Waals surface area contributed by atoms with Crippen LogP contribution in [-0.4, -0.2) is 0 Å². The van der Waals surface area contributed by atoms with Crippen LogP contribution in [0.3, 0.4) is 0 Å². The van der Waals surface area contributed by atoms with Crippen LogP contribution in [-0.2, 0) is 11.5 Å². The van der Waals surface area contributed by atoms with Crippen LogP contribution in [0, 0.1) is 52.5 Å². The molecule has 0 radical (unpaired) electrons. The van der Waals surface area contributed by atoms with Gasteiger partial charge in [-0.25, -0.2) is 35.1 Å². The zero-order chi connectivity index (χ0) is 32.1. The number of alkyl halides is 2. The quantitative estimate of drug-likeness (QED) is 0.118. The molecular weight excluding hydrogens is 602 g/mol. The van der Waals surface area contributed by atoms with Gasteiger partial charge in [0, 0.05) is 23.1 Å². The van der Waals surface area contributed by atoms with Crippen LogP contribution in [0.15, 0.2) is 66.7 Å². The minimum absolute atomic E-state index is 0.0347. The third kappa shape index (κ3) is 5.79. The highest BCUT2D eigenvalue weighted by atomic mass is 19.3. The lowest BCUT2D eigenvalue weighted by Crippen LogP contribution is -2.25. The van der Waals surface area contributed by atoms with Crippen molar-refractivity contribution in [2.24, 2.45) is 5.92 Å². The van der Waals surface area contributed by atoms with E-state index < -0.39 is 80.5 Å². The summed E-state index contributed by atoms with van der Waals surface area (Å²) >= 11 is 0. The highest BCUT2D eigenvalue weighted by molar-refractivity contribution is 5.72. The lowest BCUT2D eigenvalue weighted by molar-refractivity contribution is -0.189. The number of allylic oxidation sites excluding steroid dienone is 2. The molecule has 1 aliphatic rings. The zero-order valence-corrected chi connectivity index (χ0v) is 23.0. The predicted molar refractivity (Wildman–Crippen MR) is 143 cm³/mol. The Balaban J connectivity index is 1.46. The van der Waals surface area contributed by atoms with E-state index in [9.17, 15) is 30.7 Å². The van der Waals surface area contributed by atoms with Crippen molar-refractivity contribution in [1.82, 2.24) is 0 Å². The van der Waals surface area contributed by atoms with Crippen LogP contribution in [0.2, 0.25) is 0 Å². The van der Waals surface area contributed by atoms with E-state index in [1.54, 1.807) is 6.07 Å². The summed E-state index contributed by atoms with van der Waals surface area (Å²) in [6, 6.07) is 6.24. The van der Waals surface area contributed by atoms with E-state index in [4.69, 9.17) is 0 Å². The van der Waals surface area contributed by atoms with Crippen LogP contribution in [0.25, 0.3) is 22.3 Å². The molecule has 2 atom stereocenters. The highest BCUT2D eigenvalue weighted by Gasteiger charge is 2.42. The van der Waals surface area contributed by atoms with Gasteiger partial charge in [-0.3, -0.25) is 0 Å². The van der Waals surface area contributed by atoms with Gasteiger partial charge in [0.25, 0.3) is 0 Å². The van der Waals surface area contributed by atoms with Gasteiger partial charge in [0.15, 0.2) is 17.5 Å². The van der Waals surface area contributed by atoms with Crippen LogP contribution in [0.4, 0.5) is 43.9 Å². The first-order valence-corrected chi connectivity index (χ1v) is 13.3. The van der Waals surface area contributed by atoms with Gasteiger partial charge >= 0.3 is 6.11 Å². The van der Waals surface area contributed by atoms with Gasteiger partial charge < -0.3 is 4.74 Å². The van der Waals surface area contributed by atoms with Gasteiger partial charge in [0.1, 0.15) is 40.4 Å². The summed E-state index contributed by atoms with van der Waals surface area (Å²) < 4.78 is 148. The maximum atomic E-state index is 15.2. The maximum absolute atomic E-state index is 15.2. The van der Waals surface area contributed by atoms with Crippen molar-refractivity contribution in [3.05, 3.63) is 124 Å². The number of hydrogen-bond donors (Lipinski definition) is 0. The number of hydrogen-bond acceptors (Lipinski definition) is 1. The summed E-state index contributed by atoms with van der Waals surface area (Å²) in [7, 11) is 0. The second kappa shape index (κ2) is 11.3. The Morgan fingerprint density at radius 2 is 1.27 bits per heavy atom. The summed E-state index contributed by atoms with van der Waals surface area (Å²) in [5, 5.41) is 0. The molecule has 0 bridgehead atoms. The molecule has 0 spiro atoms. The molecule has 0 saturated carbocycles. The van der Waals surface area contributed by atoms with E-state index in [1.807, 2.05) is 19.1 Å². The molecule has 0 fully saturated rings. The van der Waals surface area contributed by atoms with E-state index in [-0.39, 0.29) is 35.4 Å². The Bertz CT molecular complexity index is 1730. The van der Waals surface area contributed by atoms with Crippen molar-refractivity contribution in [1.29, 1.82) is 0 Å². The normalized spacial score (nSPS) is 18.5. The Kier molecular flexibility index (Phi) is 8.02. The highest BCUT2D eigenvalue weighted by Crippen LogP contribution is 2.41. The Labute approximate surface area is 245 Å². The number of rotatable bonds is 6. The number of halogens is 10. The fraction of sp³-hybridized carbons (Fsp3) is 0.212. The molecule has 1 unspecified atom stereocenters. The van der Waals surface area contributed by atoms with Crippen molar-refractivity contribution in [3.8, 4) is 28.0 Å².